The molecule has 29 heavy (non-hydrogen) atoms. The number of hydrogen-bond donors (Lipinski definition) is 0. The average molecular weight is 415 g/mol. The third kappa shape index (κ3) is 3.98. The summed E-state index contributed by atoms with van der Waals surface area (Å²) in [5.41, 5.74) is 4.28. The Morgan fingerprint density at radius 3 is 2.62 bits per heavy atom. The third-order valence-corrected chi connectivity index (χ3v) is 5.67. The molecule has 5 nitrogen and oxygen atoms in total. The summed E-state index contributed by atoms with van der Waals surface area (Å²) in [7, 11) is 0. The first-order chi connectivity index (χ1) is 13.9. The van der Waals surface area contributed by atoms with Crippen molar-refractivity contribution in [2.75, 3.05) is 13.2 Å². The first-order valence-corrected chi connectivity index (χ1v) is 9.71. The number of halogens is 2. The number of aryl methyl sites for hydroxylation is 2. The molecule has 0 spiro atoms. The fourth-order valence-electron chi connectivity index (χ4n) is 3.50. The summed E-state index contributed by atoms with van der Waals surface area (Å²) in [6.07, 6.45) is 0.621. The minimum Gasteiger partial charge on any atom is -0.484 e. The fraction of sp³-hybridized carbons (Fsp3) is 0.273. The van der Waals surface area contributed by atoms with E-state index in [1.165, 1.54) is 12.1 Å². The normalized spacial score (nSPS) is 13.3. The zero-order chi connectivity index (χ0) is 20.5. The maximum atomic E-state index is 13.2. The van der Waals surface area contributed by atoms with Crippen LogP contribution in [-0.4, -0.2) is 29.1 Å². The van der Waals surface area contributed by atoms with Crippen LogP contribution in [0.1, 0.15) is 22.4 Å². The Morgan fingerprint density at radius 1 is 1.24 bits per heavy atom. The first kappa shape index (κ1) is 19.5. The molecule has 150 valence electrons. The number of rotatable bonds is 4. The van der Waals surface area contributed by atoms with Crippen molar-refractivity contribution in [3.05, 3.63) is 69.6 Å². The molecule has 2 heterocycles. The smallest absolute Gasteiger partial charge is 0.260 e. The van der Waals surface area contributed by atoms with Gasteiger partial charge >= 0.3 is 0 Å². The summed E-state index contributed by atoms with van der Waals surface area (Å²) in [5.74, 6) is 0.836. The van der Waals surface area contributed by atoms with E-state index in [2.05, 4.69) is 5.16 Å². The molecule has 1 aromatic heterocycles. The van der Waals surface area contributed by atoms with Crippen molar-refractivity contribution in [2.24, 2.45) is 0 Å². The number of carbonyl (C=O) groups excluding carboxylic acids is 1. The Balaban J connectivity index is 1.42. The molecule has 7 heteroatoms. The Kier molecular flexibility index (Phi) is 5.28. The maximum absolute atomic E-state index is 13.2. The molecule has 0 aliphatic carbocycles. The molecule has 0 saturated carbocycles. The monoisotopic (exact) mass is 414 g/mol. The van der Waals surface area contributed by atoms with E-state index in [0.29, 0.717) is 36.0 Å². The quantitative estimate of drug-likeness (QED) is 0.620. The highest BCUT2D eigenvalue weighted by atomic mass is 35.5. The second kappa shape index (κ2) is 7.87. The largest absolute Gasteiger partial charge is 0.484 e. The molecule has 0 bridgehead atoms. The summed E-state index contributed by atoms with van der Waals surface area (Å²) in [4.78, 5) is 14.3. The highest BCUT2D eigenvalue weighted by Crippen LogP contribution is 2.30. The van der Waals surface area contributed by atoms with Crippen molar-refractivity contribution < 1.29 is 18.4 Å². The van der Waals surface area contributed by atoms with Gasteiger partial charge in [-0.25, -0.2) is 4.39 Å². The van der Waals surface area contributed by atoms with E-state index < -0.39 is 0 Å². The van der Waals surface area contributed by atoms with E-state index in [1.807, 2.05) is 26.0 Å². The van der Waals surface area contributed by atoms with E-state index >= 15 is 0 Å². The Bertz CT molecular complexity index is 1040. The van der Waals surface area contributed by atoms with Crippen LogP contribution in [0.2, 0.25) is 5.02 Å². The summed E-state index contributed by atoms with van der Waals surface area (Å²) < 4.78 is 24.3. The second-order valence-electron chi connectivity index (χ2n) is 7.17. The van der Waals surface area contributed by atoms with E-state index in [0.717, 1.165) is 27.9 Å². The van der Waals surface area contributed by atoms with Gasteiger partial charge in [-0.15, -0.1) is 0 Å². The van der Waals surface area contributed by atoms with Gasteiger partial charge in [0.25, 0.3) is 5.91 Å². The zero-order valence-corrected chi connectivity index (χ0v) is 16.9. The minimum atomic E-state index is -0.301. The van der Waals surface area contributed by atoms with Crippen molar-refractivity contribution in [2.45, 2.75) is 26.8 Å². The predicted octanol–water partition coefficient (Wildman–Crippen LogP) is 4.71. The van der Waals surface area contributed by atoms with Gasteiger partial charge in [0.1, 0.15) is 17.3 Å². The number of nitrogens with zero attached hydrogens (tertiary/aromatic N) is 2. The Labute approximate surface area is 173 Å². The molecular formula is C22H20ClFN2O3. The molecule has 0 fully saturated rings. The molecule has 1 amide bonds. The van der Waals surface area contributed by atoms with Gasteiger partial charge in [0.05, 0.1) is 6.54 Å². The van der Waals surface area contributed by atoms with E-state index in [1.54, 1.807) is 17.0 Å². The van der Waals surface area contributed by atoms with Crippen molar-refractivity contribution in [1.82, 2.24) is 10.1 Å². The van der Waals surface area contributed by atoms with Crippen molar-refractivity contribution in [3.63, 3.8) is 0 Å². The molecule has 3 aromatic rings. The van der Waals surface area contributed by atoms with E-state index in [-0.39, 0.29) is 18.3 Å². The van der Waals surface area contributed by atoms with Crippen LogP contribution >= 0.6 is 11.6 Å². The summed E-state index contributed by atoms with van der Waals surface area (Å²) in [5, 5.41) is 4.83. The average Bonchev–Trinajstić information content (AvgIpc) is 3.14. The van der Waals surface area contributed by atoms with Gasteiger partial charge < -0.3 is 14.2 Å². The van der Waals surface area contributed by atoms with E-state index in [4.69, 9.17) is 20.9 Å². The lowest BCUT2D eigenvalue weighted by Gasteiger charge is -2.26. The van der Waals surface area contributed by atoms with Crippen LogP contribution in [0.5, 0.6) is 5.75 Å². The van der Waals surface area contributed by atoms with Crippen LogP contribution in [0, 0.1) is 19.7 Å². The van der Waals surface area contributed by atoms with Gasteiger partial charge in [0.15, 0.2) is 12.4 Å². The Hall–Kier alpha value is -2.86. The molecule has 2 aromatic carbocycles. The van der Waals surface area contributed by atoms with Crippen LogP contribution in [-0.2, 0) is 17.8 Å². The van der Waals surface area contributed by atoms with Crippen molar-refractivity contribution in [3.8, 4) is 17.1 Å². The number of carbonyl (C=O) groups is 1. The molecular weight excluding hydrogens is 395 g/mol. The van der Waals surface area contributed by atoms with Gasteiger partial charge in [-0.05, 0) is 67.8 Å². The second-order valence-corrected chi connectivity index (χ2v) is 7.55. The van der Waals surface area contributed by atoms with Gasteiger partial charge in [-0.1, -0.05) is 16.8 Å². The van der Waals surface area contributed by atoms with Crippen LogP contribution in [0.15, 0.2) is 40.9 Å². The lowest BCUT2D eigenvalue weighted by molar-refractivity contribution is -0.134. The first-order valence-electron chi connectivity index (χ1n) is 9.33. The van der Waals surface area contributed by atoms with Crippen LogP contribution in [0.25, 0.3) is 11.3 Å². The molecule has 4 rings (SSSR count). The van der Waals surface area contributed by atoms with E-state index in [9.17, 15) is 9.18 Å². The van der Waals surface area contributed by atoms with Crippen LogP contribution in [0.3, 0.4) is 0 Å². The maximum Gasteiger partial charge on any atom is 0.260 e. The number of fused-ring (bicyclic) bond motifs is 1. The third-order valence-electron chi connectivity index (χ3n) is 5.07. The SMILES string of the molecule is Cc1cc(OCC(=O)N2CCc3c(noc3-c3ccc(F)cc3)C2)cc(C)c1Cl. The molecule has 0 unspecified atom stereocenters. The standard InChI is InChI=1S/C22H20ClFN2O3/c1-13-9-17(10-14(2)21(13)23)28-12-20(27)26-8-7-18-19(11-26)25-29-22(18)15-3-5-16(24)6-4-15/h3-6,9-10H,7-8,11-12H2,1-2H3. The number of amides is 1. The number of benzene rings is 2. The van der Waals surface area contributed by atoms with Crippen LogP contribution < -0.4 is 4.74 Å². The summed E-state index contributed by atoms with van der Waals surface area (Å²) in [6, 6.07) is 9.75. The lowest BCUT2D eigenvalue weighted by Crippen LogP contribution is -2.38. The minimum absolute atomic E-state index is 0.0570. The van der Waals surface area contributed by atoms with Crippen LogP contribution in [0.4, 0.5) is 4.39 Å². The number of ether oxygens (including phenoxy) is 1. The molecule has 1 aliphatic rings. The highest BCUT2D eigenvalue weighted by molar-refractivity contribution is 6.32. The lowest BCUT2D eigenvalue weighted by atomic mass is 10.0. The predicted molar refractivity (Wildman–Crippen MR) is 107 cm³/mol. The Morgan fingerprint density at radius 2 is 1.93 bits per heavy atom. The topological polar surface area (TPSA) is 55.6 Å². The molecule has 0 atom stereocenters. The fourth-order valence-corrected chi connectivity index (χ4v) is 3.61. The summed E-state index contributed by atoms with van der Waals surface area (Å²) >= 11 is 6.17. The van der Waals surface area contributed by atoms with Gasteiger partial charge in [-0.3, -0.25) is 4.79 Å². The molecule has 1 aliphatic heterocycles. The van der Waals surface area contributed by atoms with Crippen molar-refractivity contribution in [1.29, 1.82) is 0 Å². The number of aromatic nitrogens is 1. The highest BCUT2D eigenvalue weighted by Gasteiger charge is 2.27. The van der Waals surface area contributed by atoms with Crippen molar-refractivity contribution >= 4 is 17.5 Å². The number of hydrogen-bond acceptors (Lipinski definition) is 4. The molecule has 0 N–H and O–H groups in total. The molecule has 0 radical (unpaired) electrons. The molecule has 0 saturated heterocycles. The van der Waals surface area contributed by atoms with Gasteiger partial charge in [0, 0.05) is 22.7 Å². The van der Waals surface area contributed by atoms with Gasteiger partial charge in [-0.2, -0.15) is 0 Å². The summed E-state index contributed by atoms with van der Waals surface area (Å²) in [6.45, 7) is 4.65. The zero-order valence-electron chi connectivity index (χ0n) is 16.2. The van der Waals surface area contributed by atoms with Gasteiger partial charge in [0.2, 0.25) is 0 Å².